The van der Waals surface area contributed by atoms with E-state index in [0.29, 0.717) is 29.1 Å². The topological polar surface area (TPSA) is 108 Å². The normalized spacial score (nSPS) is 16.3. The second kappa shape index (κ2) is 9.56. The fourth-order valence-corrected chi connectivity index (χ4v) is 7.28. The van der Waals surface area contributed by atoms with Crippen molar-refractivity contribution in [2.24, 2.45) is 0 Å². The lowest BCUT2D eigenvalue weighted by Crippen LogP contribution is -2.38. The van der Waals surface area contributed by atoms with E-state index in [1.165, 1.54) is 12.1 Å². The zero-order valence-corrected chi connectivity index (χ0v) is 21.4. The third kappa shape index (κ3) is 4.56. The van der Waals surface area contributed by atoms with Gasteiger partial charge in [-0.3, -0.25) is 4.31 Å². The Morgan fingerprint density at radius 3 is 2.38 bits per heavy atom. The highest BCUT2D eigenvalue weighted by molar-refractivity contribution is 7.92. The second-order valence-corrected chi connectivity index (χ2v) is 11.7. The van der Waals surface area contributed by atoms with Crippen LogP contribution in [0, 0.1) is 18.3 Å². The largest absolute Gasteiger partial charge is 0.482 e. The SMILES string of the molecule is Cc1cc(S(=O)(=O)N2CC3(CCCCC3)c3cc(-c4ccc(C#N)cc4)ccc32)ccc1OCC(=O)O. The van der Waals surface area contributed by atoms with Crippen LogP contribution < -0.4 is 9.04 Å². The molecule has 0 amide bonds. The number of nitriles is 1. The lowest BCUT2D eigenvalue weighted by atomic mass is 9.70. The van der Waals surface area contributed by atoms with Gasteiger partial charge in [0.25, 0.3) is 10.0 Å². The smallest absolute Gasteiger partial charge is 0.341 e. The minimum Gasteiger partial charge on any atom is -0.482 e. The van der Waals surface area contributed by atoms with E-state index in [1.807, 2.05) is 24.3 Å². The minimum atomic E-state index is -3.86. The molecule has 0 bridgehead atoms. The number of fused-ring (bicyclic) bond motifs is 2. The van der Waals surface area contributed by atoms with Crippen LogP contribution in [0.5, 0.6) is 5.75 Å². The summed E-state index contributed by atoms with van der Waals surface area (Å²) in [5, 5.41) is 18.0. The van der Waals surface area contributed by atoms with Gasteiger partial charge in [-0.2, -0.15) is 5.26 Å². The molecule has 37 heavy (non-hydrogen) atoms. The van der Waals surface area contributed by atoms with E-state index in [1.54, 1.807) is 29.4 Å². The van der Waals surface area contributed by atoms with Crippen molar-refractivity contribution in [3.8, 4) is 22.9 Å². The van der Waals surface area contributed by atoms with Crippen molar-refractivity contribution < 1.29 is 23.1 Å². The summed E-state index contributed by atoms with van der Waals surface area (Å²) in [6.07, 6.45) is 5.14. The van der Waals surface area contributed by atoms with Gasteiger partial charge < -0.3 is 9.84 Å². The van der Waals surface area contributed by atoms with E-state index in [0.717, 1.165) is 48.8 Å². The van der Waals surface area contributed by atoms with Crippen LogP contribution in [-0.2, 0) is 20.2 Å². The summed E-state index contributed by atoms with van der Waals surface area (Å²) in [7, 11) is -3.86. The molecule has 7 nitrogen and oxygen atoms in total. The number of aryl methyl sites for hydroxylation is 1. The van der Waals surface area contributed by atoms with Gasteiger partial charge in [0.15, 0.2) is 6.61 Å². The number of rotatable bonds is 6. The standard InChI is InChI=1S/C29H28N2O5S/c1-20-15-24(10-12-27(20)36-18-28(32)33)37(34,35)31-19-29(13-3-2-4-14-29)25-16-23(9-11-26(25)31)22-7-5-21(17-30)6-8-22/h5-12,15-16H,2-4,13-14,18-19H2,1H3,(H,32,33). The number of sulfonamides is 1. The van der Waals surface area contributed by atoms with Crippen LogP contribution in [0.2, 0.25) is 0 Å². The zero-order valence-electron chi connectivity index (χ0n) is 20.6. The van der Waals surface area contributed by atoms with Gasteiger partial charge in [0.2, 0.25) is 0 Å². The van der Waals surface area contributed by atoms with Crippen molar-refractivity contribution in [3.63, 3.8) is 0 Å². The van der Waals surface area contributed by atoms with Gasteiger partial charge in [0, 0.05) is 12.0 Å². The summed E-state index contributed by atoms with van der Waals surface area (Å²) >= 11 is 0. The third-order valence-corrected chi connectivity index (χ3v) is 9.28. The average molecular weight is 517 g/mol. The fourth-order valence-electron chi connectivity index (χ4n) is 5.62. The lowest BCUT2D eigenvalue weighted by Gasteiger charge is -2.34. The molecule has 2 aliphatic rings. The van der Waals surface area contributed by atoms with Gasteiger partial charge in [-0.1, -0.05) is 37.5 Å². The quantitative estimate of drug-likeness (QED) is 0.470. The molecule has 0 saturated heterocycles. The monoisotopic (exact) mass is 516 g/mol. The number of ether oxygens (including phenoxy) is 1. The molecule has 1 fully saturated rings. The molecule has 1 heterocycles. The zero-order chi connectivity index (χ0) is 26.2. The first kappa shape index (κ1) is 24.8. The van der Waals surface area contributed by atoms with Crippen LogP contribution in [0.4, 0.5) is 5.69 Å². The Morgan fingerprint density at radius 1 is 1.03 bits per heavy atom. The molecule has 1 N–H and O–H groups in total. The predicted molar refractivity (Wildman–Crippen MR) is 140 cm³/mol. The van der Waals surface area contributed by atoms with Crippen molar-refractivity contribution in [1.82, 2.24) is 0 Å². The van der Waals surface area contributed by atoms with Crippen molar-refractivity contribution in [2.45, 2.75) is 49.3 Å². The molecular weight excluding hydrogens is 488 g/mol. The van der Waals surface area contributed by atoms with E-state index >= 15 is 0 Å². The molecule has 3 aromatic rings. The van der Waals surface area contributed by atoms with E-state index < -0.39 is 22.6 Å². The number of carbonyl (C=O) groups is 1. The molecule has 0 aromatic heterocycles. The van der Waals surface area contributed by atoms with Crippen LogP contribution in [0.25, 0.3) is 11.1 Å². The number of hydrogen-bond acceptors (Lipinski definition) is 5. The Kier molecular flexibility index (Phi) is 6.42. The van der Waals surface area contributed by atoms with Crippen LogP contribution in [-0.4, -0.2) is 32.6 Å². The molecular formula is C29H28N2O5S. The van der Waals surface area contributed by atoms with Crippen LogP contribution in [0.15, 0.2) is 65.6 Å². The molecule has 190 valence electrons. The molecule has 1 saturated carbocycles. The number of carboxylic acid groups (broad SMARTS) is 1. The maximum absolute atomic E-state index is 13.9. The van der Waals surface area contributed by atoms with E-state index in [2.05, 4.69) is 12.1 Å². The Hall–Kier alpha value is -3.83. The summed E-state index contributed by atoms with van der Waals surface area (Å²) < 4.78 is 34.7. The second-order valence-electron chi connectivity index (χ2n) is 9.88. The van der Waals surface area contributed by atoms with E-state index in [4.69, 9.17) is 15.1 Å². The van der Waals surface area contributed by atoms with Gasteiger partial charge in [-0.15, -0.1) is 0 Å². The highest BCUT2D eigenvalue weighted by Crippen LogP contribution is 2.51. The van der Waals surface area contributed by atoms with Crippen LogP contribution in [0.1, 0.15) is 48.8 Å². The van der Waals surface area contributed by atoms with Gasteiger partial charge in [-0.05, 0) is 84.5 Å². The van der Waals surface area contributed by atoms with Crippen LogP contribution >= 0.6 is 0 Å². The first-order chi connectivity index (χ1) is 17.7. The number of nitrogens with zero attached hydrogens (tertiary/aromatic N) is 2. The molecule has 0 atom stereocenters. The highest BCUT2D eigenvalue weighted by atomic mass is 32.2. The van der Waals surface area contributed by atoms with Crippen molar-refractivity contribution in [3.05, 3.63) is 77.4 Å². The van der Waals surface area contributed by atoms with Crippen molar-refractivity contribution >= 4 is 21.7 Å². The molecule has 0 radical (unpaired) electrons. The minimum absolute atomic E-state index is 0.155. The van der Waals surface area contributed by atoms with Crippen molar-refractivity contribution in [2.75, 3.05) is 17.5 Å². The number of carboxylic acids is 1. The Labute approximate surface area is 217 Å². The van der Waals surface area contributed by atoms with Gasteiger partial charge in [0.1, 0.15) is 5.75 Å². The Bertz CT molecular complexity index is 1500. The molecule has 1 spiro atoms. The summed E-state index contributed by atoms with van der Waals surface area (Å²) in [6.45, 7) is 1.62. The van der Waals surface area contributed by atoms with E-state index in [-0.39, 0.29) is 10.3 Å². The van der Waals surface area contributed by atoms with Crippen molar-refractivity contribution in [1.29, 1.82) is 5.26 Å². The summed E-state index contributed by atoms with van der Waals surface area (Å²) in [5.41, 5.74) is 4.69. The average Bonchev–Trinajstić information content (AvgIpc) is 3.22. The van der Waals surface area contributed by atoms with Gasteiger partial charge >= 0.3 is 5.97 Å². The molecule has 3 aromatic carbocycles. The Balaban J connectivity index is 1.54. The lowest BCUT2D eigenvalue weighted by molar-refractivity contribution is -0.139. The predicted octanol–water partition coefficient (Wildman–Crippen LogP) is 5.41. The maximum Gasteiger partial charge on any atom is 0.341 e. The summed E-state index contributed by atoms with van der Waals surface area (Å²) in [6, 6.07) is 20.1. The fraction of sp³-hybridized carbons (Fsp3) is 0.310. The molecule has 1 aliphatic heterocycles. The van der Waals surface area contributed by atoms with Gasteiger partial charge in [0.05, 0.1) is 22.2 Å². The van der Waals surface area contributed by atoms with E-state index in [9.17, 15) is 13.2 Å². The Morgan fingerprint density at radius 2 is 1.73 bits per heavy atom. The number of benzene rings is 3. The van der Waals surface area contributed by atoms with Crippen LogP contribution in [0.3, 0.4) is 0 Å². The third-order valence-electron chi connectivity index (χ3n) is 7.53. The number of hydrogen-bond donors (Lipinski definition) is 1. The summed E-state index contributed by atoms with van der Waals surface area (Å²) in [4.78, 5) is 11.0. The number of anilines is 1. The van der Waals surface area contributed by atoms with Gasteiger partial charge in [-0.25, -0.2) is 13.2 Å². The summed E-state index contributed by atoms with van der Waals surface area (Å²) in [5.74, 6) is -0.748. The highest BCUT2D eigenvalue weighted by Gasteiger charge is 2.47. The maximum atomic E-state index is 13.9. The first-order valence-corrected chi connectivity index (χ1v) is 13.8. The molecule has 1 aliphatic carbocycles. The first-order valence-electron chi connectivity index (χ1n) is 12.4. The molecule has 0 unspecified atom stereocenters. The number of aliphatic carboxylic acids is 1. The molecule has 5 rings (SSSR count). The molecule has 8 heteroatoms.